The van der Waals surface area contributed by atoms with Gasteiger partial charge in [0, 0.05) is 20.2 Å². The van der Waals surface area contributed by atoms with Crippen LogP contribution in [0.3, 0.4) is 0 Å². The van der Waals surface area contributed by atoms with E-state index in [4.69, 9.17) is 5.73 Å². The number of nitrogens with two attached hydrogens (primary N) is 1. The fourth-order valence-electron chi connectivity index (χ4n) is 0.866. The summed E-state index contributed by atoms with van der Waals surface area (Å²) in [5, 5.41) is 0. The van der Waals surface area contributed by atoms with E-state index in [9.17, 15) is 9.59 Å². The van der Waals surface area contributed by atoms with Gasteiger partial charge in [-0.25, -0.2) is 9.78 Å². The van der Waals surface area contributed by atoms with Gasteiger partial charge in [0.1, 0.15) is 0 Å². The van der Waals surface area contributed by atoms with Gasteiger partial charge in [-0.3, -0.25) is 4.79 Å². The van der Waals surface area contributed by atoms with Gasteiger partial charge in [0.2, 0.25) is 5.95 Å². The molecule has 0 saturated carbocycles. The maximum Gasteiger partial charge on any atom is 0.328 e. The lowest BCUT2D eigenvalue weighted by Gasteiger charge is -2.13. The molecule has 6 nitrogen and oxygen atoms in total. The van der Waals surface area contributed by atoms with Crippen LogP contribution in [0.25, 0.3) is 0 Å². The first-order valence-corrected chi connectivity index (χ1v) is 3.51. The SMILES string of the molecule is CN(C)c1n[c]cc(=O)n1C(N)=O. The van der Waals surface area contributed by atoms with Crippen molar-refractivity contribution in [3.63, 3.8) is 0 Å². The molecule has 1 amide bonds. The number of hydrogen-bond acceptors (Lipinski definition) is 4. The second-order valence-corrected chi connectivity index (χ2v) is 2.59. The zero-order chi connectivity index (χ0) is 10.0. The number of hydrogen-bond donors (Lipinski definition) is 1. The average Bonchev–Trinajstić information content (AvgIpc) is 2.02. The van der Waals surface area contributed by atoms with Gasteiger partial charge in [-0.15, -0.1) is 0 Å². The minimum absolute atomic E-state index is 0.167. The van der Waals surface area contributed by atoms with Crippen molar-refractivity contribution < 1.29 is 4.79 Å². The van der Waals surface area contributed by atoms with Gasteiger partial charge in [0.15, 0.2) is 0 Å². The van der Waals surface area contributed by atoms with E-state index in [-0.39, 0.29) is 5.95 Å². The number of nitrogens with zero attached hydrogens (tertiary/aromatic N) is 3. The molecule has 0 saturated heterocycles. The fraction of sp³-hybridized carbons (Fsp3) is 0.286. The van der Waals surface area contributed by atoms with E-state index in [0.717, 1.165) is 10.6 Å². The third-order valence-electron chi connectivity index (χ3n) is 1.39. The smallest absolute Gasteiger partial charge is 0.328 e. The van der Waals surface area contributed by atoms with Crippen LogP contribution in [0.5, 0.6) is 0 Å². The van der Waals surface area contributed by atoms with Gasteiger partial charge in [0.05, 0.1) is 6.20 Å². The Morgan fingerprint density at radius 1 is 1.69 bits per heavy atom. The van der Waals surface area contributed by atoms with Crippen LogP contribution < -0.4 is 16.2 Å². The van der Waals surface area contributed by atoms with Crippen molar-refractivity contribution in [2.24, 2.45) is 5.73 Å². The molecule has 1 rings (SSSR count). The molecule has 0 aliphatic heterocycles. The van der Waals surface area contributed by atoms with Crippen molar-refractivity contribution in [2.45, 2.75) is 0 Å². The monoisotopic (exact) mass is 181 g/mol. The molecular formula is C7H9N4O2. The topological polar surface area (TPSA) is 81.2 Å². The van der Waals surface area contributed by atoms with Crippen LogP contribution in [0.4, 0.5) is 10.7 Å². The van der Waals surface area contributed by atoms with Crippen molar-refractivity contribution in [2.75, 3.05) is 19.0 Å². The molecule has 2 N–H and O–H groups in total. The van der Waals surface area contributed by atoms with Gasteiger partial charge >= 0.3 is 6.03 Å². The van der Waals surface area contributed by atoms with Crippen LogP contribution in [0.2, 0.25) is 0 Å². The lowest BCUT2D eigenvalue weighted by Crippen LogP contribution is -2.35. The van der Waals surface area contributed by atoms with E-state index < -0.39 is 11.6 Å². The molecule has 0 aliphatic carbocycles. The van der Waals surface area contributed by atoms with Gasteiger partial charge in [0.25, 0.3) is 5.56 Å². The van der Waals surface area contributed by atoms with Crippen molar-refractivity contribution in [3.05, 3.63) is 22.6 Å². The summed E-state index contributed by atoms with van der Waals surface area (Å²) >= 11 is 0. The average molecular weight is 181 g/mol. The Labute approximate surface area is 74.6 Å². The van der Waals surface area contributed by atoms with E-state index in [1.807, 2.05) is 0 Å². The van der Waals surface area contributed by atoms with E-state index >= 15 is 0 Å². The summed E-state index contributed by atoms with van der Waals surface area (Å²) in [5.41, 5.74) is 4.46. The number of anilines is 1. The van der Waals surface area contributed by atoms with Crippen LogP contribution in [-0.2, 0) is 0 Å². The van der Waals surface area contributed by atoms with E-state index in [1.54, 1.807) is 14.1 Å². The highest BCUT2D eigenvalue weighted by molar-refractivity contribution is 5.77. The second-order valence-electron chi connectivity index (χ2n) is 2.59. The number of aromatic nitrogens is 2. The first kappa shape index (κ1) is 9.24. The molecule has 0 bridgehead atoms. The minimum Gasteiger partial charge on any atom is -0.351 e. The van der Waals surface area contributed by atoms with Crippen LogP contribution in [0.15, 0.2) is 10.9 Å². The summed E-state index contributed by atoms with van der Waals surface area (Å²) in [6.07, 6.45) is 2.37. The van der Waals surface area contributed by atoms with Crippen LogP contribution in [0, 0.1) is 6.20 Å². The van der Waals surface area contributed by atoms with Gasteiger partial charge in [-0.1, -0.05) is 0 Å². The molecular weight excluding hydrogens is 172 g/mol. The van der Waals surface area contributed by atoms with Crippen LogP contribution in [0.1, 0.15) is 0 Å². The Kier molecular flexibility index (Phi) is 2.32. The van der Waals surface area contributed by atoms with Crippen molar-refractivity contribution in [1.82, 2.24) is 9.55 Å². The summed E-state index contributed by atoms with van der Waals surface area (Å²) in [6.45, 7) is 0. The van der Waals surface area contributed by atoms with Crippen LogP contribution in [-0.4, -0.2) is 29.7 Å². The number of carbonyl (C=O) groups is 1. The normalized spacial score (nSPS) is 9.69. The third kappa shape index (κ3) is 1.66. The van der Waals surface area contributed by atoms with Crippen molar-refractivity contribution in [1.29, 1.82) is 0 Å². The lowest BCUT2D eigenvalue weighted by molar-refractivity contribution is 0.249. The zero-order valence-electron chi connectivity index (χ0n) is 7.31. The lowest BCUT2D eigenvalue weighted by atomic mass is 10.6. The van der Waals surface area contributed by atoms with Gasteiger partial charge in [-0.05, 0) is 0 Å². The first-order valence-electron chi connectivity index (χ1n) is 3.51. The minimum atomic E-state index is -0.852. The molecule has 0 spiro atoms. The molecule has 0 aromatic carbocycles. The van der Waals surface area contributed by atoms with E-state index in [0.29, 0.717) is 0 Å². The number of carbonyl (C=O) groups excluding carboxylic acids is 1. The summed E-state index contributed by atoms with van der Waals surface area (Å²) in [6, 6.07) is 0.202. The molecule has 1 aromatic rings. The molecule has 1 aromatic heterocycles. The molecule has 1 heterocycles. The van der Waals surface area contributed by atoms with E-state index in [1.165, 1.54) is 4.90 Å². The zero-order valence-corrected chi connectivity index (χ0v) is 7.31. The second kappa shape index (κ2) is 3.26. The molecule has 0 unspecified atom stereocenters. The summed E-state index contributed by atoms with van der Waals surface area (Å²) in [5.74, 6) is 0.167. The number of rotatable bonds is 1. The Hall–Kier alpha value is -1.85. The standard InChI is InChI=1S/C7H9N4O2/c1-10(2)7-9-4-3-5(12)11(7)6(8)13/h3H,1-2H3,(H2,8,13). The maximum absolute atomic E-state index is 11.2. The Morgan fingerprint density at radius 2 is 2.31 bits per heavy atom. The first-order chi connectivity index (χ1) is 6.04. The van der Waals surface area contributed by atoms with E-state index in [2.05, 4.69) is 11.2 Å². The third-order valence-corrected chi connectivity index (χ3v) is 1.39. The van der Waals surface area contributed by atoms with Gasteiger partial charge in [-0.2, -0.15) is 4.57 Å². The number of primary amides is 1. The molecule has 0 atom stereocenters. The van der Waals surface area contributed by atoms with Gasteiger partial charge < -0.3 is 10.6 Å². The summed E-state index contributed by atoms with van der Waals surface area (Å²) < 4.78 is 0.774. The molecule has 6 heteroatoms. The Bertz CT molecular complexity index is 382. The highest BCUT2D eigenvalue weighted by Gasteiger charge is 2.10. The summed E-state index contributed by atoms with van der Waals surface area (Å²) in [7, 11) is 3.30. The summed E-state index contributed by atoms with van der Waals surface area (Å²) in [4.78, 5) is 27.2. The molecule has 13 heavy (non-hydrogen) atoms. The van der Waals surface area contributed by atoms with Crippen molar-refractivity contribution >= 4 is 12.0 Å². The molecule has 0 aliphatic rings. The van der Waals surface area contributed by atoms with Crippen LogP contribution >= 0.6 is 0 Å². The largest absolute Gasteiger partial charge is 0.351 e. The van der Waals surface area contributed by atoms with Crippen molar-refractivity contribution in [3.8, 4) is 0 Å². The highest BCUT2D eigenvalue weighted by Crippen LogP contribution is 2.00. The predicted molar refractivity (Wildman–Crippen MR) is 46.6 cm³/mol. The maximum atomic E-state index is 11.2. The Morgan fingerprint density at radius 3 is 2.69 bits per heavy atom. The quantitative estimate of drug-likeness (QED) is 0.604. The Balaban J connectivity index is 3.43. The fourth-order valence-corrected chi connectivity index (χ4v) is 0.866. The molecule has 0 fully saturated rings. The molecule has 69 valence electrons. The molecule has 1 radical (unpaired) electrons. The predicted octanol–water partition coefficient (Wildman–Crippen LogP) is -0.964. The number of amides is 1. The highest BCUT2D eigenvalue weighted by atomic mass is 16.2.